The highest BCUT2D eigenvalue weighted by Gasteiger charge is 2.32. The highest BCUT2D eigenvalue weighted by Crippen LogP contribution is 2.33. The van der Waals surface area contributed by atoms with E-state index in [1.54, 1.807) is 18.6 Å². The first-order chi connectivity index (χ1) is 12.2. The van der Waals surface area contributed by atoms with E-state index in [1.807, 2.05) is 24.3 Å². The Morgan fingerprint density at radius 2 is 1.96 bits per heavy atom. The Morgan fingerprint density at radius 1 is 1.12 bits per heavy atom. The number of pyridine rings is 2. The zero-order chi connectivity index (χ0) is 17.2. The fourth-order valence-corrected chi connectivity index (χ4v) is 3.38. The first-order valence-corrected chi connectivity index (χ1v) is 8.68. The van der Waals surface area contributed by atoms with E-state index in [0.29, 0.717) is 17.8 Å². The Balaban J connectivity index is 1.56. The Bertz CT molecular complexity index is 829. The van der Waals surface area contributed by atoms with Crippen LogP contribution in [0.2, 0.25) is 0 Å². The molecule has 3 aromatic rings. The van der Waals surface area contributed by atoms with Crippen LogP contribution < -0.4 is 0 Å². The van der Waals surface area contributed by atoms with Gasteiger partial charge in [0, 0.05) is 35.8 Å². The number of likely N-dealkylation sites (tertiary alicyclic amines) is 1. The van der Waals surface area contributed by atoms with Gasteiger partial charge in [0.2, 0.25) is 11.7 Å². The summed E-state index contributed by atoms with van der Waals surface area (Å²) < 4.78 is 5.56. The highest BCUT2D eigenvalue weighted by molar-refractivity contribution is 5.62. The summed E-state index contributed by atoms with van der Waals surface area (Å²) in [5, 5.41) is 4.16. The first kappa shape index (κ1) is 15.9. The molecule has 1 unspecified atom stereocenters. The first-order valence-electron chi connectivity index (χ1n) is 8.68. The Hall–Kier alpha value is -2.60. The molecule has 4 heterocycles. The van der Waals surface area contributed by atoms with Gasteiger partial charge >= 0.3 is 0 Å². The van der Waals surface area contributed by atoms with Crippen LogP contribution in [0.4, 0.5) is 0 Å². The van der Waals surface area contributed by atoms with Crippen LogP contribution in [-0.4, -0.2) is 37.6 Å². The van der Waals surface area contributed by atoms with Crippen molar-refractivity contribution >= 4 is 0 Å². The lowest BCUT2D eigenvalue weighted by Gasteiger charge is -2.25. The van der Waals surface area contributed by atoms with Gasteiger partial charge in [-0.2, -0.15) is 4.98 Å². The van der Waals surface area contributed by atoms with E-state index in [1.165, 1.54) is 6.42 Å². The summed E-state index contributed by atoms with van der Waals surface area (Å²) in [6.07, 6.45) is 7.55. The molecule has 4 rings (SSSR count). The molecule has 0 aromatic carbocycles. The van der Waals surface area contributed by atoms with Gasteiger partial charge in [-0.1, -0.05) is 5.16 Å². The highest BCUT2D eigenvalue weighted by atomic mass is 16.5. The molecule has 1 saturated heterocycles. The van der Waals surface area contributed by atoms with Crippen molar-refractivity contribution in [1.29, 1.82) is 0 Å². The molecule has 0 radical (unpaired) electrons. The van der Waals surface area contributed by atoms with E-state index in [2.05, 4.69) is 38.9 Å². The summed E-state index contributed by atoms with van der Waals surface area (Å²) in [6.45, 7) is 5.50. The van der Waals surface area contributed by atoms with Crippen molar-refractivity contribution in [2.75, 3.05) is 6.54 Å². The monoisotopic (exact) mass is 335 g/mol. The van der Waals surface area contributed by atoms with E-state index in [4.69, 9.17) is 4.52 Å². The lowest BCUT2D eigenvalue weighted by Crippen LogP contribution is -2.30. The maximum Gasteiger partial charge on any atom is 0.244 e. The van der Waals surface area contributed by atoms with Crippen LogP contribution in [0, 0.1) is 0 Å². The van der Waals surface area contributed by atoms with Crippen molar-refractivity contribution in [3.63, 3.8) is 0 Å². The quantitative estimate of drug-likeness (QED) is 0.723. The van der Waals surface area contributed by atoms with Gasteiger partial charge in [-0.05, 0) is 57.5 Å². The lowest BCUT2D eigenvalue weighted by molar-refractivity contribution is 0.170. The second-order valence-corrected chi connectivity index (χ2v) is 6.61. The normalized spacial score (nSPS) is 18.1. The van der Waals surface area contributed by atoms with Crippen molar-refractivity contribution in [2.45, 2.75) is 38.8 Å². The number of nitrogens with zero attached hydrogens (tertiary/aromatic N) is 5. The molecule has 1 atom stereocenters. The second-order valence-electron chi connectivity index (χ2n) is 6.61. The molecule has 0 bridgehead atoms. The molecule has 1 aliphatic rings. The van der Waals surface area contributed by atoms with Crippen LogP contribution in [0.25, 0.3) is 22.6 Å². The van der Waals surface area contributed by atoms with Crippen molar-refractivity contribution in [3.05, 3.63) is 48.7 Å². The number of hydrogen-bond donors (Lipinski definition) is 0. The van der Waals surface area contributed by atoms with Gasteiger partial charge in [-0.15, -0.1) is 0 Å². The summed E-state index contributed by atoms with van der Waals surface area (Å²) >= 11 is 0. The molecule has 6 heteroatoms. The zero-order valence-corrected chi connectivity index (χ0v) is 14.5. The van der Waals surface area contributed by atoms with Crippen LogP contribution in [0.15, 0.2) is 47.4 Å². The van der Waals surface area contributed by atoms with Crippen molar-refractivity contribution in [2.24, 2.45) is 0 Å². The maximum atomic E-state index is 5.56. The fraction of sp³-hybridized carbons (Fsp3) is 0.368. The second kappa shape index (κ2) is 6.72. The summed E-state index contributed by atoms with van der Waals surface area (Å²) in [4.78, 5) is 15.6. The smallest absolute Gasteiger partial charge is 0.244 e. The number of hydrogen-bond acceptors (Lipinski definition) is 6. The number of rotatable bonds is 4. The molecule has 1 aliphatic heterocycles. The molecule has 0 amide bonds. The Morgan fingerprint density at radius 3 is 2.68 bits per heavy atom. The minimum atomic E-state index is 0.227. The molecule has 6 nitrogen and oxygen atoms in total. The minimum absolute atomic E-state index is 0.227. The lowest BCUT2D eigenvalue weighted by atomic mass is 10.1. The molecule has 0 N–H and O–H groups in total. The van der Waals surface area contributed by atoms with E-state index >= 15 is 0 Å². The van der Waals surface area contributed by atoms with Gasteiger partial charge in [0.25, 0.3) is 0 Å². The van der Waals surface area contributed by atoms with Crippen LogP contribution in [0.3, 0.4) is 0 Å². The molecular formula is C19H21N5O. The van der Waals surface area contributed by atoms with Crippen LogP contribution >= 0.6 is 0 Å². The average molecular weight is 335 g/mol. The van der Waals surface area contributed by atoms with Gasteiger partial charge in [-0.3, -0.25) is 14.9 Å². The molecule has 0 aliphatic carbocycles. The molecule has 0 spiro atoms. The molecule has 0 saturated carbocycles. The summed E-state index contributed by atoms with van der Waals surface area (Å²) in [5.74, 6) is 1.30. The predicted octanol–water partition coefficient (Wildman–Crippen LogP) is 3.74. The van der Waals surface area contributed by atoms with E-state index in [9.17, 15) is 0 Å². The van der Waals surface area contributed by atoms with Crippen molar-refractivity contribution < 1.29 is 4.52 Å². The summed E-state index contributed by atoms with van der Waals surface area (Å²) in [5.41, 5.74) is 2.80. The van der Waals surface area contributed by atoms with Gasteiger partial charge in [-0.25, -0.2) is 0 Å². The van der Waals surface area contributed by atoms with Gasteiger partial charge in [0.05, 0.1) is 11.7 Å². The molecule has 25 heavy (non-hydrogen) atoms. The fourth-order valence-electron chi connectivity index (χ4n) is 3.38. The SMILES string of the molecule is CC(C)N1CCCC1c1nc(-c2ccc(-c3ccncc3)nc2)no1. The topological polar surface area (TPSA) is 67.9 Å². The third-order valence-electron chi connectivity index (χ3n) is 4.68. The van der Waals surface area contributed by atoms with Gasteiger partial charge < -0.3 is 4.52 Å². The van der Waals surface area contributed by atoms with E-state index in [0.717, 1.165) is 29.8 Å². The summed E-state index contributed by atoms with van der Waals surface area (Å²) in [7, 11) is 0. The molecule has 1 fully saturated rings. The van der Waals surface area contributed by atoms with E-state index in [-0.39, 0.29) is 6.04 Å². The maximum absolute atomic E-state index is 5.56. The zero-order valence-electron chi connectivity index (χ0n) is 14.5. The van der Waals surface area contributed by atoms with Gasteiger partial charge in [0.15, 0.2) is 0 Å². The van der Waals surface area contributed by atoms with Gasteiger partial charge in [0.1, 0.15) is 0 Å². The third-order valence-corrected chi connectivity index (χ3v) is 4.68. The Labute approximate surface area is 146 Å². The van der Waals surface area contributed by atoms with Crippen molar-refractivity contribution in [1.82, 2.24) is 25.0 Å². The summed E-state index contributed by atoms with van der Waals surface area (Å²) in [6, 6.07) is 8.53. The average Bonchev–Trinajstić information content (AvgIpc) is 3.32. The van der Waals surface area contributed by atoms with Crippen LogP contribution in [-0.2, 0) is 0 Å². The number of aromatic nitrogens is 4. The molecular weight excluding hydrogens is 314 g/mol. The largest absolute Gasteiger partial charge is 0.337 e. The molecule has 3 aromatic heterocycles. The molecule has 128 valence electrons. The Kier molecular flexibility index (Phi) is 4.28. The van der Waals surface area contributed by atoms with Crippen LogP contribution in [0.1, 0.15) is 38.6 Å². The third kappa shape index (κ3) is 3.17. The van der Waals surface area contributed by atoms with Crippen molar-refractivity contribution in [3.8, 4) is 22.6 Å². The predicted molar refractivity (Wildman–Crippen MR) is 94.6 cm³/mol. The minimum Gasteiger partial charge on any atom is -0.337 e. The van der Waals surface area contributed by atoms with Crippen LogP contribution in [0.5, 0.6) is 0 Å². The van der Waals surface area contributed by atoms with E-state index < -0.39 is 0 Å². The standard InChI is InChI=1S/C19H21N5O/c1-13(2)24-11-3-4-17(24)19-22-18(23-25-19)15-5-6-16(21-12-15)14-7-9-20-10-8-14/h5-10,12-13,17H,3-4,11H2,1-2H3.